The number of carbonyl (C=O) groups excluding carboxylic acids is 1. The first kappa shape index (κ1) is 18.5. The van der Waals surface area contributed by atoms with Crippen molar-refractivity contribution in [2.75, 3.05) is 7.11 Å². The lowest BCUT2D eigenvalue weighted by atomic mass is 10.2. The van der Waals surface area contributed by atoms with Crippen LogP contribution in [0.15, 0.2) is 41.8 Å². The average molecular weight is 396 g/mol. The molecule has 7 nitrogen and oxygen atoms in total. The van der Waals surface area contributed by atoms with Gasteiger partial charge in [-0.2, -0.15) is 8.42 Å². The van der Waals surface area contributed by atoms with E-state index >= 15 is 0 Å². The largest absolute Gasteiger partial charge is 0.469 e. The maximum Gasteiger partial charge on any atom is 0.305 e. The summed E-state index contributed by atoms with van der Waals surface area (Å²) in [5.41, 5.74) is 1.09. The van der Waals surface area contributed by atoms with Crippen molar-refractivity contribution in [3.05, 3.63) is 47.5 Å². The Labute approximate surface area is 156 Å². The maximum atomic E-state index is 13.1. The Bertz CT molecular complexity index is 1070. The van der Waals surface area contributed by atoms with Crippen LogP contribution in [-0.4, -0.2) is 35.0 Å². The molecule has 26 heavy (non-hydrogen) atoms. The molecule has 3 rings (SSSR count). The van der Waals surface area contributed by atoms with Gasteiger partial charge in [0.05, 0.1) is 19.0 Å². The maximum absolute atomic E-state index is 13.1. The molecule has 0 amide bonds. The van der Waals surface area contributed by atoms with Gasteiger partial charge in [0.2, 0.25) is 0 Å². The number of nitrogens with zero attached hydrogens (tertiary/aromatic N) is 3. The molecule has 0 radical (unpaired) electrons. The summed E-state index contributed by atoms with van der Waals surface area (Å²) >= 11 is 6.04. The molecule has 0 atom stereocenters. The molecule has 0 aliphatic heterocycles. The van der Waals surface area contributed by atoms with E-state index in [2.05, 4.69) is 9.72 Å². The van der Waals surface area contributed by atoms with E-state index < -0.39 is 10.0 Å². The molecule has 2 heterocycles. The first-order valence-corrected chi connectivity index (χ1v) is 9.75. The van der Waals surface area contributed by atoms with Crippen molar-refractivity contribution < 1.29 is 17.9 Å². The van der Waals surface area contributed by atoms with Crippen molar-refractivity contribution in [2.45, 2.75) is 24.3 Å². The second-order valence-corrected chi connectivity index (χ2v) is 8.09. The molecule has 0 saturated heterocycles. The van der Waals surface area contributed by atoms with Crippen LogP contribution in [0.4, 0.5) is 0 Å². The van der Waals surface area contributed by atoms with Gasteiger partial charge in [-0.1, -0.05) is 11.6 Å². The molecule has 0 bridgehead atoms. The van der Waals surface area contributed by atoms with Gasteiger partial charge in [0.15, 0.2) is 5.03 Å². The van der Waals surface area contributed by atoms with Gasteiger partial charge in [-0.3, -0.25) is 4.79 Å². The van der Waals surface area contributed by atoms with Gasteiger partial charge < -0.3 is 9.30 Å². The van der Waals surface area contributed by atoms with Crippen LogP contribution in [-0.2, 0) is 33.0 Å². The number of hydrogen-bond donors (Lipinski definition) is 0. The van der Waals surface area contributed by atoms with Gasteiger partial charge in [-0.25, -0.2) is 8.96 Å². The molecule has 9 heteroatoms. The minimum absolute atomic E-state index is 0.0401. The lowest BCUT2D eigenvalue weighted by Gasteiger charge is -2.10. The Morgan fingerprint density at radius 3 is 2.73 bits per heavy atom. The fourth-order valence-corrected chi connectivity index (χ4v) is 4.53. The first-order valence-electron chi connectivity index (χ1n) is 7.93. The molecular formula is C17H18ClN3O4S. The summed E-state index contributed by atoms with van der Waals surface area (Å²) in [5, 5.41) is 1.19. The normalized spacial score (nSPS) is 11.8. The van der Waals surface area contributed by atoms with E-state index in [1.165, 1.54) is 23.6 Å². The highest BCUT2D eigenvalue weighted by atomic mass is 35.5. The van der Waals surface area contributed by atoms with Crippen LogP contribution in [0.5, 0.6) is 0 Å². The third kappa shape index (κ3) is 3.47. The highest BCUT2D eigenvalue weighted by Crippen LogP contribution is 2.28. The lowest BCUT2D eigenvalue weighted by Crippen LogP contribution is -2.16. The summed E-state index contributed by atoms with van der Waals surface area (Å²) in [5.74, 6) is -0.330. The third-order valence-corrected chi connectivity index (χ3v) is 5.91. The second kappa shape index (κ2) is 7.13. The van der Waals surface area contributed by atoms with Crippen molar-refractivity contribution >= 4 is 38.5 Å². The van der Waals surface area contributed by atoms with E-state index in [4.69, 9.17) is 11.6 Å². The molecular weight excluding hydrogens is 378 g/mol. The van der Waals surface area contributed by atoms with Crippen molar-refractivity contribution in [2.24, 2.45) is 7.05 Å². The minimum Gasteiger partial charge on any atom is -0.469 e. The van der Waals surface area contributed by atoms with Gasteiger partial charge in [-0.05, 0) is 37.1 Å². The summed E-state index contributed by atoms with van der Waals surface area (Å²) in [6.07, 6.45) is 3.96. The van der Waals surface area contributed by atoms with Crippen molar-refractivity contribution in [3.8, 4) is 0 Å². The van der Waals surface area contributed by atoms with E-state index in [0.717, 1.165) is 0 Å². The summed E-state index contributed by atoms with van der Waals surface area (Å²) in [6, 6.07) is 6.80. The number of aryl methyl sites for hydroxylation is 2. The summed E-state index contributed by atoms with van der Waals surface area (Å²) in [7, 11) is -0.844. The molecule has 2 aromatic heterocycles. The number of aromatic nitrogens is 3. The van der Waals surface area contributed by atoms with E-state index in [9.17, 15) is 13.2 Å². The molecule has 0 N–H and O–H groups in total. The molecule has 138 valence electrons. The number of rotatable bonds is 6. The standard InChI is InChI=1S/C17H18ClN3O4S/c1-20-10-16(19-11-20)26(23,24)21-14(4-3-5-17(22)25-2)9-12-8-13(18)6-7-15(12)21/h6-11H,3-5H2,1-2H3. The number of halogens is 1. The molecule has 0 unspecified atom stereocenters. The quantitative estimate of drug-likeness (QED) is 0.599. The van der Waals surface area contributed by atoms with Crippen LogP contribution in [0.1, 0.15) is 18.5 Å². The number of imidazole rings is 1. The Morgan fingerprint density at radius 1 is 1.31 bits per heavy atom. The van der Waals surface area contributed by atoms with Crippen molar-refractivity contribution in [3.63, 3.8) is 0 Å². The molecule has 0 fully saturated rings. The Morgan fingerprint density at radius 2 is 2.08 bits per heavy atom. The average Bonchev–Trinajstić information content (AvgIpc) is 3.18. The predicted molar refractivity (Wildman–Crippen MR) is 97.7 cm³/mol. The number of methoxy groups -OCH3 is 1. The Hall–Kier alpha value is -2.32. The van der Waals surface area contributed by atoms with E-state index in [-0.39, 0.29) is 17.4 Å². The zero-order chi connectivity index (χ0) is 18.9. The Balaban J connectivity index is 2.09. The minimum atomic E-state index is -3.88. The summed E-state index contributed by atoms with van der Waals surface area (Å²) in [6.45, 7) is 0. The molecule has 0 spiro atoms. The lowest BCUT2D eigenvalue weighted by molar-refractivity contribution is -0.140. The highest BCUT2D eigenvalue weighted by molar-refractivity contribution is 7.90. The van der Waals surface area contributed by atoms with Crippen LogP contribution in [0.2, 0.25) is 5.02 Å². The second-order valence-electron chi connectivity index (χ2n) is 5.92. The van der Waals surface area contributed by atoms with Crippen molar-refractivity contribution in [1.82, 2.24) is 13.5 Å². The van der Waals surface area contributed by atoms with E-state index in [0.29, 0.717) is 34.5 Å². The summed E-state index contributed by atoms with van der Waals surface area (Å²) < 4.78 is 33.8. The van der Waals surface area contributed by atoms with Gasteiger partial charge >= 0.3 is 5.97 Å². The zero-order valence-corrected chi connectivity index (χ0v) is 15.9. The predicted octanol–water partition coefficient (Wildman–Crippen LogP) is 2.76. The SMILES string of the molecule is COC(=O)CCCc1cc2cc(Cl)ccc2n1S(=O)(=O)c1cn(C)cn1. The van der Waals surface area contributed by atoms with Crippen LogP contribution >= 0.6 is 11.6 Å². The van der Waals surface area contributed by atoms with Gasteiger partial charge in [0.25, 0.3) is 10.0 Å². The number of ether oxygens (including phenoxy) is 1. The Kier molecular flexibility index (Phi) is 5.06. The first-order chi connectivity index (χ1) is 12.3. The van der Waals surface area contributed by atoms with E-state index in [1.54, 1.807) is 35.9 Å². The molecule has 1 aromatic carbocycles. The molecule has 0 aliphatic rings. The van der Waals surface area contributed by atoms with Crippen LogP contribution in [0, 0.1) is 0 Å². The number of carbonyl (C=O) groups is 1. The van der Waals surface area contributed by atoms with Gasteiger partial charge in [-0.15, -0.1) is 0 Å². The summed E-state index contributed by atoms with van der Waals surface area (Å²) in [4.78, 5) is 15.3. The monoisotopic (exact) mass is 395 g/mol. The number of esters is 1. The third-order valence-electron chi connectivity index (χ3n) is 4.02. The zero-order valence-electron chi connectivity index (χ0n) is 14.3. The fourth-order valence-electron chi connectivity index (χ4n) is 2.81. The smallest absolute Gasteiger partial charge is 0.305 e. The van der Waals surface area contributed by atoms with Crippen LogP contribution in [0.3, 0.4) is 0 Å². The fraction of sp³-hybridized carbons (Fsp3) is 0.294. The van der Waals surface area contributed by atoms with Crippen LogP contribution in [0.25, 0.3) is 10.9 Å². The van der Waals surface area contributed by atoms with E-state index in [1.807, 2.05) is 0 Å². The molecule has 0 aliphatic carbocycles. The molecule has 3 aromatic rings. The topological polar surface area (TPSA) is 83.2 Å². The number of hydrogen-bond acceptors (Lipinski definition) is 5. The van der Waals surface area contributed by atoms with Gasteiger partial charge in [0.1, 0.15) is 0 Å². The van der Waals surface area contributed by atoms with Crippen molar-refractivity contribution in [1.29, 1.82) is 0 Å². The highest BCUT2D eigenvalue weighted by Gasteiger charge is 2.25. The van der Waals surface area contributed by atoms with Gasteiger partial charge in [0, 0.05) is 35.8 Å². The number of fused-ring (bicyclic) bond motifs is 1. The molecule has 0 saturated carbocycles. The number of benzene rings is 1. The van der Waals surface area contributed by atoms with Crippen LogP contribution < -0.4 is 0 Å².